The maximum atomic E-state index is 12.5. The second kappa shape index (κ2) is 8.59. The molecule has 0 aliphatic heterocycles. The van der Waals surface area contributed by atoms with Crippen molar-refractivity contribution in [2.75, 3.05) is 11.9 Å². The smallest absolute Gasteiger partial charge is 0.255 e. The predicted molar refractivity (Wildman–Crippen MR) is 119 cm³/mol. The van der Waals surface area contributed by atoms with Gasteiger partial charge in [0, 0.05) is 17.7 Å². The first-order valence-electron chi connectivity index (χ1n) is 9.70. The van der Waals surface area contributed by atoms with Crippen molar-refractivity contribution >= 4 is 34.3 Å². The Hall–Kier alpha value is -3.31. The third-order valence-corrected chi connectivity index (χ3v) is 4.94. The summed E-state index contributed by atoms with van der Waals surface area (Å²) in [4.78, 5) is 17.1. The number of ether oxygens (including phenoxy) is 1. The highest BCUT2D eigenvalue weighted by atomic mass is 35.5. The number of nitrogens with one attached hydrogen (secondary N) is 1. The molecule has 0 saturated carbocycles. The third kappa shape index (κ3) is 4.47. The number of oxazole rings is 1. The topological polar surface area (TPSA) is 64.4 Å². The summed E-state index contributed by atoms with van der Waals surface area (Å²) in [5.41, 5.74) is 5.00. The van der Waals surface area contributed by atoms with E-state index >= 15 is 0 Å². The normalized spacial score (nSPS) is 10.9. The maximum Gasteiger partial charge on any atom is 0.255 e. The number of anilines is 1. The lowest BCUT2D eigenvalue weighted by Gasteiger charge is -2.09. The highest BCUT2D eigenvalue weighted by Gasteiger charge is 2.11. The Balaban J connectivity index is 1.42. The van der Waals surface area contributed by atoms with Crippen LogP contribution in [0.25, 0.3) is 11.1 Å². The van der Waals surface area contributed by atoms with Gasteiger partial charge in [-0.25, -0.2) is 4.98 Å². The number of aromatic nitrogens is 1. The van der Waals surface area contributed by atoms with Crippen LogP contribution in [0.15, 0.2) is 65.1 Å². The van der Waals surface area contributed by atoms with E-state index in [4.69, 9.17) is 20.8 Å². The lowest BCUT2D eigenvalue weighted by atomic mass is 10.1. The molecule has 6 heteroatoms. The SMILES string of the molecule is CCOc1ccc(C(=O)Nc2ccc(Cc3nc4cc(C)ccc4o3)cc2)cc1Cl. The standard InChI is InChI=1S/C24H21ClN2O3/c1-3-29-21-11-7-17(14-19(21)25)24(28)26-18-8-5-16(6-9-18)13-23-27-20-12-15(2)4-10-22(20)30-23/h4-12,14H,3,13H2,1-2H3,(H,26,28). The fraction of sp³-hybridized carbons (Fsp3) is 0.167. The van der Waals surface area contributed by atoms with Crippen LogP contribution in [0, 0.1) is 6.92 Å². The second-order valence-electron chi connectivity index (χ2n) is 6.98. The largest absolute Gasteiger partial charge is 0.492 e. The fourth-order valence-corrected chi connectivity index (χ4v) is 3.39. The molecule has 0 aliphatic rings. The number of carbonyl (C=O) groups excluding carboxylic acids is 1. The maximum absolute atomic E-state index is 12.5. The second-order valence-corrected chi connectivity index (χ2v) is 7.39. The van der Waals surface area contributed by atoms with Crippen molar-refractivity contribution in [3.8, 4) is 5.75 Å². The van der Waals surface area contributed by atoms with Crippen LogP contribution in [0.3, 0.4) is 0 Å². The zero-order valence-corrected chi connectivity index (χ0v) is 17.5. The van der Waals surface area contributed by atoms with E-state index in [1.807, 2.05) is 56.3 Å². The van der Waals surface area contributed by atoms with Gasteiger partial charge >= 0.3 is 0 Å². The van der Waals surface area contributed by atoms with Gasteiger partial charge in [0.15, 0.2) is 11.5 Å². The Bertz CT molecular complexity index is 1200. The lowest BCUT2D eigenvalue weighted by Crippen LogP contribution is -2.12. The van der Waals surface area contributed by atoms with Crippen molar-refractivity contribution in [3.05, 3.63) is 88.3 Å². The van der Waals surface area contributed by atoms with E-state index in [1.165, 1.54) is 0 Å². The monoisotopic (exact) mass is 420 g/mol. The average molecular weight is 421 g/mol. The minimum absolute atomic E-state index is 0.234. The molecule has 1 aromatic heterocycles. The zero-order chi connectivity index (χ0) is 21.1. The number of fused-ring (bicyclic) bond motifs is 1. The molecule has 1 amide bonds. The van der Waals surface area contributed by atoms with E-state index in [1.54, 1.807) is 18.2 Å². The van der Waals surface area contributed by atoms with Crippen LogP contribution >= 0.6 is 11.6 Å². The number of halogens is 1. The molecule has 0 aliphatic carbocycles. The number of carbonyl (C=O) groups is 1. The summed E-state index contributed by atoms with van der Waals surface area (Å²) >= 11 is 6.17. The van der Waals surface area contributed by atoms with Gasteiger partial charge in [0.05, 0.1) is 11.6 Å². The van der Waals surface area contributed by atoms with E-state index in [-0.39, 0.29) is 5.91 Å². The van der Waals surface area contributed by atoms with Gasteiger partial charge in [-0.05, 0) is 67.4 Å². The molecule has 4 aromatic rings. The Morgan fingerprint density at radius 1 is 1.10 bits per heavy atom. The molecule has 0 bridgehead atoms. The van der Waals surface area contributed by atoms with Crippen LogP contribution in [0.5, 0.6) is 5.75 Å². The third-order valence-electron chi connectivity index (χ3n) is 4.65. The van der Waals surface area contributed by atoms with Crippen LogP contribution in [0.4, 0.5) is 5.69 Å². The molecule has 4 rings (SSSR count). The average Bonchev–Trinajstić information content (AvgIpc) is 3.12. The van der Waals surface area contributed by atoms with E-state index in [0.717, 1.165) is 22.2 Å². The molecule has 0 atom stereocenters. The van der Waals surface area contributed by atoms with Gasteiger partial charge in [0.25, 0.3) is 5.91 Å². The molecule has 0 fully saturated rings. The Morgan fingerprint density at radius 2 is 1.90 bits per heavy atom. The minimum atomic E-state index is -0.234. The van der Waals surface area contributed by atoms with Gasteiger partial charge in [0.2, 0.25) is 0 Å². The number of rotatable bonds is 6. The molecule has 1 heterocycles. The number of hydrogen-bond donors (Lipinski definition) is 1. The molecule has 30 heavy (non-hydrogen) atoms. The van der Waals surface area contributed by atoms with Crippen molar-refractivity contribution in [1.29, 1.82) is 0 Å². The summed E-state index contributed by atoms with van der Waals surface area (Å²) in [7, 11) is 0. The molecule has 1 N–H and O–H groups in total. The first kappa shape index (κ1) is 20.0. The van der Waals surface area contributed by atoms with E-state index in [2.05, 4.69) is 10.3 Å². The number of amides is 1. The van der Waals surface area contributed by atoms with Crippen LogP contribution in [-0.4, -0.2) is 17.5 Å². The molecule has 0 spiro atoms. The molecule has 3 aromatic carbocycles. The summed E-state index contributed by atoms with van der Waals surface area (Å²) in [6, 6.07) is 18.5. The molecular formula is C24H21ClN2O3. The van der Waals surface area contributed by atoms with Crippen LogP contribution < -0.4 is 10.1 Å². The number of aryl methyl sites for hydroxylation is 1. The molecule has 152 valence electrons. The Kier molecular flexibility index (Phi) is 5.72. The van der Waals surface area contributed by atoms with Gasteiger partial charge < -0.3 is 14.5 Å². The van der Waals surface area contributed by atoms with E-state index in [9.17, 15) is 4.79 Å². The minimum Gasteiger partial charge on any atom is -0.492 e. The van der Waals surface area contributed by atoms with Crippen LogP contribution in [0.2, 0.25) is 5.02 Å². The summed E-state index contributed by atoms with van der Waals surface area (Å²) in [6.45, 7) is 4.43. The zero-order valence-electron chi connectivity index (χ0n) is 16.7. The van der Waals surface area contributed by atoms with Crippen molar-refractivity contribution in [2.45, 2.75) is 20.3 Å². The highest BCUT2D eigenvalue weighted by molar-refractivity contribution is 6.32. The van der Waals surface area contributed by atoms with Gasteiger partial charge in [-0.2, -0.15) is 0 Å². The summed E-state index contributed by atoms with van der Waals surface area (Å²) in [6.07, 6.45) is 0.580. The Morgan fingerprint density at radius 3 is 2.63 bits per heavy atom. The molecule has 0 unspecified atom stereocenters. The number of nitrogens with zero attached hydrogens (tertiary/aromatic N) is 1. The first-order chi connectivity index (χ1) is 14.5. The lowest BCUT2D eigenvalue weighted by molar-refractivity contribution is 0.102. The van der Waals surface area contributed by atoms with Gasteiger partial charge in [0.1, 0.15) is 11.3 Å². The molecular weight excluding hydrogens is 400 g/mol. The number of benzene rings is 3. The molecule has 0 saturated heterocycles. The van der Waals surface area contributed by atoms with Crippen LogP contribution in [-0.2, 0) is 6.42 Å². The summed E-state index contributed by atoms with van der Waals surface area (Å²) in [5, 5.41) is 3.29. The van der Waals surface area contributed by atoms with Crippen molar-refractivity contribution < 1.29 is 13.9 Å². The van der Waals surface area contributed by atoms with Gasteiger partial charge in [-0.1, -0.05) is 29.8 Å². The van der Waals surface area contributed by atoms with Crippen molar-refractivity contribution in [2.24, 2.45) is 0 Å². The first-order valence-corrected chi connectivity index (χ1v) is 10.1. The van der Waals surface area contributed by atoms with E-state index < -0.39 is 0 Å². The molecule has 0 radical (unpaired) electrons. The van der Waals surface area contributed by atoms with Gasteiger partial charge in [-0.3, -0.25) is 4.79 Å². The predicted octanol–water partition coefficient (Wildman–Crippen LogP) is 6.03. The fourth-order valence-electron chi connectivity index (χ4n) is 3.16. The summed E-state index contributed by atoms with van der Waals surface area (Å²) in [5.74, 6) is 0.993. The van der Waals surface area contributed by atoms with Crippen molar-refractivity contribution in [3.63, 3.8) is 0 Å². The van der Waals surface area contributed by atoms with E-state index in [0.29, 0.717) is 40.9 Å². The molecule has 5 nitrogen and oxygen atoms in total. The summed E-state index contributed by atoms with van der Waals surface area (Å²) < 4.78 is 11.2. The van der Waals surface area contributed by atoms with Crippen molar-refractivity contribution in [1.82, 2.24) is 4.98 Å². The van der Waals surface area contributed by atoms with Crippen LogP contribution in [0.1, 0.15) is 34.3 Å². The number of hydrogen-bond acceptors (Lipinski definition) is 4. The quantitative estimate of drug-likeness (QED) is 0.413. The van der Waals surface area contributed by atoms with Gasteiger partial charge in [-0.15, -0.1) is 0 Å². The highest BCUT2D eigenvalue weighted by Crippen LogP contribution is 2.26. The Labute approximate surface area is 179 Å².